The average Bonchev–Trinajstić information content (AvgIpc) is 2.67. The SMILES string of the molecule is C#CCCCCN1Cc2ccccc2C1. The summed E-state index contributed by atoms with van der Waals surface area (Å²) < 4.78 is 0. The minimum Gasteiger partial charge on any atom is -0.295 e. The van der Waals surface area contributed by atoms with Gasteiger partial charge in [-0.15, -0.1) is 12.3 Å². The Morgan fingerprint density at radius 2 is 1.80 bits per heavy atom. The minimum absolute atomic E-state index is 0.917. The number of nitrogens with zero attached hydrogens (tertiary/aromatic N) is 1. The first-order valence-corrected chi connectivity index (χ1v) is 5.63. The maximum absolute atomic E-state index is 5.23. The predicted molar refractivity (Wildman–Crippen MR) is 63.2 cm³/mol. The van der Waals surface area contributed by atoms with E-state index in [4.69, 9.17) is 6.42 Å². The van der Waals surface area contributed by atoms with Crippen molar-refractivity contribution in [2.45, 2.75) is 32.4 Å². The molecule has 1 aromatic carbocycles. The molecule has 0 radical (unpaired) electrons. The molecule has 1 aliphatic rings. The molecule has 0 bridgehead atoms. The number of benzene rings is 1. The summed E-state index contributed by atoms with van der Waals surface area (Å²) in [4.78, 5) is 2.50. The highest BCUT2D eigenvalue weighted by atomic mass is 15.1. The van der Waals surface area contributed by atoms with Gasteiger partial charge in [0.1, 0.15) is 0 Å². The molecule has 0 amide bonds. The Kier molecular flexibility index (Phi) is 3.42. The predicted octanol–water partition coefficient (Wildman–Crippen LogP) is 2.81. The van der Waals surface area contributed by atoms with Gasteiger partial charge in [0.05, 0.1) is 0 Å². The lowest BCUT2D eigenvalue weighted by atomic mass is 10.1. The molecule has 2 rings (SSSR count). The third-order valence-electron chi connectivity index (χ3n) is 2.95. The molecule has 0 saturated carbocycles. The molecule has 0 N–H and O–H groups in total. The van der Waals surface area contributed by atoms with Crippen molar-refractivity contribution in [3.63, 3.8) is 0 Å². The van der Waals surface area contributed by atoms with E-state index in [2.05, 4.69) is 35.1 Å². The van der Waals surface area contributed by atoms with Crippen LogP contribution in [0.25, 0.3) is 0 Å². The van der Waals surface area contributed by atoms with Crippen molar-refractivity contribution in [1.82, 2.24) is 4.90 Å². The van der Waals surface area contributed by atoms with E-state index in [0.29, 0.717) is 0 Å². The molecule has 0 fully saturated rings. The van der Waals surface area contributed by atoms with Crippen LogP contribution in [-0.2, 0) is 13.1 Å². The van der Waals surface area contributed by atoms with Crippen LogP contribution >= 0.6 is 0 Å². The second kappa shape index (κ2) is 5.00. The summed E-state index contributed by atoms with van der Waals surface area (Å²) in [6.07, 6.45) is 8.52. The molecule has 0 aliphatic carbocycles. The largest absolute Gasteiger partial charge is 0.295 e. The van der Waals surface area contributed by atoms with Gasteiger partial charge < -0.3 is 0 Å². The molecule has 0 atom stereocenters. The molecule has 0 saturated heterocycles. The normalized spacial score (nSPS) is 14.9. The molecule has 1 heteroatoms. The molecule has 1 nitrogen and oxygen atoms in total. The van der Waals surface area contributed by atoms with Crippen molar-refractivity contribution in [1.29, 1.82) is 0 Å². The Hall–Kier alpha value is -1.26. The third-order valence-corrected chi connectivity index (χ3v) is 2.95. The van der Waals surface area contributed by atoms with E-state index in [1.165, 1.54) is 24.1 Å². The zero-order valence-corrected chi connectivity index (χ0v) is 9.08. The van der Waals surface area contributed by atoms with Gasteiger partial charge in [-0.3, -0.25) is 4.90 Å². The summed E-state index contributed by atoms with van der Waals surface area (Å²) in [5.74, 6) is 2.69. The number of unbranched alkanes of at least 4 members (excludes halogenated alkanes) is 2. The van der Waals surface area contributed by atoms with Gasteiger partial charge in [-0.2, -0.15) is 0 Å². The molecular formula is C14H17N. The van der Waals surface area contributed by atoms with Crippen molar-refractivity contribution < 1.29 is 0 Å². The van der Waals surface area contributed by atoms with E-state index < -0.39 is 0 Å². The van der Waals surface area contributed by atoms with Gasteiger partial charge in [0.25, 0.3) is 0 Å². The van der Waals surface area contributed by atoms with E-state index in [0.717, 1.165) is 25.9 Å². The first-order valence-electron chi connectivity index (χ1n) is 5.63. The van der Waals surface area contributed by atoms with Gasteiger partial charge in [-0.05, 0) is 30.5 Å². The molecule has 1 aliphatic heterocycles. The summed E-state index contributed by atoms with van der Waals surface area (Å²) in [5, 5.41) is 0. The minimum atomic E-state index is 0.917. The highest BCUT2D eigenvalue weighted by Crippen LogP contribution is 2.22. The molecule has 0 aromatic heterocycles. The van der Waals surface area contributed by atoms with Crippen LogP contribution in [0.1, 0.15) is 30.4 Å². The van der Waals surface area contributed by atoms with E-state index in [-0.39, 0.29) is 0 Å². The molecule has 0 unspecified atom stereocenters. The number of rotatable bonds is 4. The smallest absolute Gasteiger partial charge is 0.0240 e. The highest BCUT2D eigenvalue weighted by Gasteiger charge is 2.16. The van der Waals surface area contributed by atoms with Crippen LogP contribution < -0.4 is 0 Å². The lowest BCUT2D eigenvalue weighted by molar-refractivity contribution is 0.278. The Bertz CT molecular complexity index is 337. The van der Waals surface area contributed by atoms with Gasteiger partial charge in [0.15, 0.2) is 0 Å². The molecule has 1 heterocycles. The summed E-state index contributed by atoms with van der Waals surface area (Å²) in [6, 6.07) is 8.72. The summed E-state index contributed by atoms with van der Waals surface area (Å²) >= 11 is 0. The molecular weight excluding hydrogens is 182 g/mol. The van der Waals surface area contributed by atoms with Crippen molar-refractivity contribution >= 4 is 0 Å². The number of fused-ring (bicyclic) bond motifs is 1. The Morgan fingerprint density at radius 1 is 1.13 bits per heavy atom. The summed E-state index contributed by atoms with van der Waals surface area (Å²) in [5.41, 5.74) is 2.99. The first kappa shape index (κ1) is 10.3. The fourth-order valence-electron chi connectivity index (χ4n) is 2.12. The maximum atomic E-state index is 5.23. The monoisotopic (exact) mass is 199 g/mol. The average molecular weight is 199 g/mol. The fourth-order valence-corrected chi connectivity index (χ4v) is 2.12. The highest BCUT2D eigenvalue weighted by molar-refractivity contribution is 5.30. The molecule has 15 heavy (non-hydrogen) atoms. The molecule has 78 valence electrons. The van der Waals surface area contributed by atoms with Gasteiger partial charge >= 0.3 is 0 Å². The number of hydrogen-bond donors (Lipinski definition) is 0. The van der Waals surface area contributed by atoms with Gasteiger partial charge in [-0.1, -0.05) is 24.3 Å². The van der Waals surface area contributed by atoms with Crippen LogP contribution in [0.3, 0.4) is 0 Å². The summed E-state index contributed by atoms with van der Waals surface area (Å²) in [7, 11) is 0. The van der Waals surface area contributed by atoms with Crippen molar-refractivity contribution in [2.24, 2.45) is 0 Å². The van der Waals surface area contributed by atoms with Crippen molar-refractivity contribution in [3.8, 4) is 12.3 Å². The summed E-state index contributed by atoms with van der Waals surface area (Å²) in [6.45, 7) is 3.41. The van der Waals surface area contributed by atoms with Crippen LogP contribution in [0, 0.1) is 12.3 Å². The lowest BCUT2D eigenvalue weighted by Crippen LogP contribution is -2.17. The third kappa shape index (κ3) is 2.61. The number of hydrogen-bond acceptors (Lipinski definition) is 1. The Morgan fingerprint density at radius 3 is 2.40 bits per heavy atom. The van der Waals surface area contributed by atoms with Crippen LogP contribution in [0.2, 0.25) is 0 Å². The Balaban J connectivity index is 1.79. The second-order valence-electron chi connectivity index (χ2n) is 4.14. The van der Waals surface area contributed by atoms with Crippen LogP contribution in [-0.4, -0.2) is 11.4 Å². The molecule has 1 aromatic rings. The van der Waals surface area contributed by atoms with Crippen molar-refractivity contribution in [2.75, 3.05) is 6.54 Å². The van der Waals surface area contributed by atoms with E-state index in [9.17, 15) is 0 Å². The lowest BCUT2D eigenvalue weighted by Gasteiger charge is -2.13. The zero-order chi connectivity index (χ0) is 10.5. The van der Waals surface area contributed by atoms with Crippen LogP contribution in [0.5, 0.6) is 0 Å². The number of terminal acetylenes is 1. The van der Waals surface area contributed by atoms with Crippen molar-refractivity contribution in [3.05, 3.63) is 35.4 Å². The van der Waals surface area contributed by atoms with Gasteiger partial charge in [0.2, 0.25) is 0 Å². The fraction of sp³-hybridized carbons (Fsp3) is 0.429. The van der Waals surface area contributed by atoms with Gasteiger partial charge in [0, 0.05) is 19.5 Å². The second-order valence-corrected chi connectivity index (χ2v) is 4.14. The van der Waals surface area contributed by atoms with Crippen LogP contribution in [0.15, 0.2) is 24.3 Å². The van der Waals surface area contributed by atoms with E-state index in [1.54, 1.807) is 0 Å². The van der Waals surface area contributed by atoms with Crippen LogP contribution in [0.4, 0.5) is 0 Å². The molecule has 0 spiro atoms. The van der Waals surface area contributed by atoms with E-state index in [1.807, 2.05) is 0 Å². The first-order chi connectivity index (χ1) is 7.40. The Labute approximate surface area is 92.1 Å². The maximum Gasteiger partial charge on any atom is 0.0240 e. The quantitative estimate of drug-likeness (QED) is 0.532. The van der Waals surface area contributed by atoms with E-state index >= 15 is 0 Å². The standard InChI is InChI=1S/C14H17N/c1-2-3-4-7-10-15-11-13-8-5-6-9-14(13)12-15/h1,5-6,8-9H,3-4,7,10-12H2. The zero-order valence-electron chi connectivity index (χ0n) is 9.08. The topological polar surface area (TPSA) is 3.24 Å². The van der Waals surface area contributed by atoms with Gasteiger partial charge in [-0.25, -0.2) is 0 Å².